The average Bonchev–Trinajstić information content (AvgIpc) is 3.32. The number of hydrogen-bond donors (Lipinski definition) is 0. The Bertz CT molecular complexity index is 1930. The lowest BCUT2D eigenvalue weighted by Gasteiger charge is -2.13. The SMILES string of the molecule is N#Cc1ccccc1-c1cccc2c1c1cccc(-c3c(C#N)cccc3C#N)c1n2-c1ccccc1. The highest BCUT2D eigenvalue weighted by Gasteiger charge is 2.22. The Morgan fingerprint density at radius 2 is 1.05 bits per heavy atom. The van der Waals surface area contributed by atoms with Gasteiger partial charge in [0.25, 0.3) is 0 Å². The molecule has 6 rings (SSSR count). The molecule has 0 spiro atoms. The van der Waals surface area contributed by atoms with Gasteiger partial charge in [-0.1, -0.05) is 72.8 Å². The van der Waals surface area contributed by atoms with E-state index < -0.39 is 0 Å². The number of hydrogen-bond acceptors (Lipinski definition) is 3. The van der Waals surface area contributed by atoms with Crippen molar-refractivity contribution in [2.45, 2.75) is 0 Å². The molecule has 0 unspecified atom stereocenters. The fourth-order valence-electron chi connectivity index (χ4n) is 5.23. The molecule has 0 N–H and O–H groups in total. The van der Waals surface area contributed by atoms with Crippen LogP contribution < -0.4 is 0 Å². The van der Waals surface area contributed by atoms with Crippen LogP contribution in [0.1, 0.15) is 16.7 Å². The second-order valence-corrected chi connectivity index (χ2v) is 8.68. The minimum absolute atomic E-state index is 0.450. The molecule has 4 nitrogen and oxygen atoms in total. The number of nitrogens with zero attached hydrogens (tertiary/aromatic N) is 4. The topological polar surface area (TPSA) is 76.3 Å². The van der Waals surface area contributed by atoms with Crippen molar-refractivity contribution >= 4 is 21.8 Å². The molecule has 0 atom stereocenters. The van der Waals surface area contributed by atoms with Gasteiger partial charge < -0.3 is 4.57 Å². The minimum Gasteiger partial charge on any atom is -0.309 e. The molecule has 6 aromatic rings. The number of nitriles is 3. The first-order valence-corrected chi connectivity index (χ1v) is 11.8. The Balaban J connectivity index is 1.85. The zero-order valence-electron chi connectivity index (χ0n) is 19.7. The molecule has 0 aliphatic heterocycles. The summed E-state index contributed by atoms with van der Waals surface area (Å²) in [5.41, 5.74) is 7.61. The molecule has 5 aromatic carbocycles. The third-order valence-corrected chi connectivity index (χ3v) is 6.74. The van der Waals surface area contributed by atoms with Crippen LogP contribution in [0.25, 0.3) is 49.7 Å². The van der Waals surface area contributed by atoms with E-state index in [1.165, 1.54) is 0 Å². The first-order chi connectivity index (χ1) is 18.3. The zero-order valence-corrected chi connectivity index (χ0v) is 19.7. The summed E-state index contributed by atoms with van der Waals surface area (Å²) in [6.07, 6.45) is 0. The van der Waals surface area contributed by atoms with Crippen molar-refractivity contribution in [1.29, 1.82) is 15.8 Å². The predicted octanol–water partition coefficient (Wildman–Crippen LogP) is 7.73. The quantitative estimate of drug-likeness (QED) is 0.265. The number of rotatable bonds is 3. The zero-order chi connectivity index (χ0) is 25.4. The normalized spacial score (nSPS) is 10.6. The van der Waals surface area contributed by atoms with Crippen LogP contribution in [-0.4, -0.2) is 4.57 Å². The van der Waals surface area contributed by atoms with E-state index in [4.69, 9.17) is 0 Å². The summed E-state index contributed by atoms with van der Waals surface area (Å²) in [7, 11) is 0. The molecule has 0 saturated carbocycles. The van der Waals surface area contributed by atoms with E-state index >= 15 is 0 Å². The van der Waals surface area contributed by atoms with Gasteiger partial charge in [-0.3, -0.25) is 0 Å². The summed E-state index contributed by atoms with van der Waals surface area (Å²) in [6, 6.07) is 42.0. The van der Waals surface area contributed by atoms with Gasteiger partial charge in [0.05, 0.1) is 45.9 Å². The highest BCUT2D eigenvalue weighted by molar-refractivity contribution is 6.19. The Morgan fingerprint density at radius 3 is 1.78 bits per heavy atom. The standard InChI is InChI=1S/C33H18N4/c34-19-22-9-4-5-14-26(22)27-15-8-18-30-32(27)29-17-7-16-28(31-23(20-35)10-6-11-24(31)21-36)33(29)37(30)25-12-2-1-3-13-25/h1-18H. The van der Waals surface area contributed by atoms with Crippen molar-refractivity contribution in [2.24, 2.45) is 0 Å². The average molecular weight is 471 g/mol. The van der Waals surface area contributed by atoms with Gasteiger partial charge in [0, 0.05) is 33.2 Å². The summed E-state index contributed by atoms with van der Waals surface area (Å²) < 4.78 is 2.19. The molecule has 0 amide bonds. The number of benzene rings is 5. The number of aromatic nitrogens is 1. The lowest BCUT2D eigenvalue weighted by molar-refractivity contribution is 1.18. The van der Waals surface area contributed by atoms with E-state index in [2.05, 4.69) is 34.9 Å². The Kier molecular flexibility index (Phi) is 5.24. The molecule has 0 aliphatic rings. The Morgan fingerprint density at radius 1 is 0.486 bits per heavy atom. The summed E-state index contributed by atoms with van der Waals surface area (Å²) >= 11 is 0. The van der Waals surface area contributed by atoms with Crippen molar-refractivity contribution < 1.29 is 0 Å². The smallest absolute Gasteiger partial charge is 0.0998 e. The second-order valence-electron chi connectivity index (χ2n) is 8.68. The monoisotopic (exact) mass is 470 g/mol. The molecule has 4 heteroatoms. The molecule has 0 radical (unpaired) electrons. The molecule has 0 fully saturated rings. The van der Waals surface area contributed by atoms with Crippen LogP contribution in [0.2, 0.25) is 0 Å². The molecule has 0 saturated heterocycles. The second kappa shape index (κ2) is 8.86. The fourth-order valence-corrected chi connectivity index (χ4v) is 5.23. The van der Waals surface area contributed by atoms with E-state index in [1.54, 1.807) is 18.2 Å². The van der Waals surface area contributed by atoms with Crippen molar-refractivity contribution in [3.8, 4) is 46.1 Å². The van der Waals surface area contributed by atoms with Crippen LogP contribution in [-0.2, 0) is 0 Å². The van der Waals surface area contributed by atoms with E-state index in [1.807, 2.05) is 78.9 Å². The highest BCUT2D eigenvalue weighted by Crippen LogP contribution is 2.43. The summed E-state index contributed by atoms with van der Waals surface area (Å²) in [5.74, 6) is 0. The van der Waals surface area contributed by atoms with Crippen molar-refractivity contribution in [3.05, 3.63) is 126 Å². The summed E-state index contributed by atoms with van der Waals surface area (Å²) in [4.78, 5) is 0. The van der Waals surface area contributed by atoms with Gasteiger partial charge in [0.1, 0.15) is 0 Å². The van der Waals surface area contributed by atoms with Crippen LogP contribution in [0, 0.1) is 34.0 Å². The largest absolute Gasteiger partial charge is 0.309 e. The molecule has 170 valence electrons. The molecular formula is C33H18N4. The van der Waals surface area contributed by atoms with Crippen LogP contribution in [0.15, 0.2) is 109 Å². The first kappa shape index (κ1) is 21.9. The maximum absolute atomic E-state index is 9.95. The predicted molar refractivity (Wildman–Crippen MR) is 146 cm³/mol. The lowest BCUT2D eigenvalue weighted by atomic mass is 9.92. The highest BCUT2D eigenvalue weighted by atomic mass is 15.0. The van der Waals surface area contributed by atoms with Crippen LogP contribution >= 0.6 is 0 Å². The van der Waals surface area contributed by atoms with Gasteiger partial charge >= 0.3 is 0 Å². The van der Waals surface area contributed by atoms with E-state index in [-0.39, 0.29) is 0 Å². The molecule has 0 aliphatic carbocycles. The van der Waals surface area contributed by atoms with Gasteiger partial charge in [0.2, 0.25) is 0 Å². The number of fused-ring (bicyclic) bond motifs is 3. The van der Waals surface area contributed by atoms with E-state index in [0.29, 0.717) is 22.3 Å². The van der Waals surface area contributed by atoms with Crippen LogP contribution in [0.4, 0.5) is 0 Å². The Hall–Kier alpha value is -5.63. The summed E-state index contributed by atoms with van der Waals surface area (Å²) in [6.45, 7) is 0. The molecule has 1 aromatic heterocycles. The summed E-state index contributed by atoms with van der Waals surface area (Å²) in [5, 5.41) is 31.7. The first-order valence-electron chi connectivity index (χ1n) is 11.8. The third kappa shape index (κ3) is 3.35. The third-order valence-electron chi connectivity index (χ3n) is 6.74. The van der Waals surface area contributed by atoms with Gasteiger partial charge in [0.15, 0.2) is 0 Å². The number of para-hydroxylation sites is 2. The molecule has 37 heavy (non-hydrogen) atoms. The fraction of sp³-hybridized carbons (Fsp3) is 0. The van der Waals surface area contributed by atoms with Gasteiger partial charge in [-0.25, -0.2) is 0 Å². The Labute approximate surface area is 214 Å². The lowest BCUT2D eigenvalue weighted by Crippen LogP contribution is -1.97. The van der Waals surface area contributed by atoms with Gasteiger partial charge in [-0.05, 0) is 42.0 Å². The molecule has 0 bridgehead atoms. The molecular weight excluding hydrogens is 452 g/mol. The van der Waals surface area contributed by atoms with Gasteiger partial charge in [-0.15, -0.1) is 0 Å². The van der Waals surface area contributed by atoms with Gasteiger partial charge in [-0.2, -0.15) is 15.8 Å². The van der Waals surface area contributed by atoms with Crippen LogP contribution in [0.5, 0.6) is 0 Å². The van der Waals surface area contributed by atoms with Crippen molar-refractivity contribution in [1.82, 2.24) is 4.57 Å². The molecule has 1 heterocycles. The van der Waals surface area contributed by atoms with E-state index in [9.17, 15) is 15.8 Å². The van der Waals surface area contributed by atoms with Crippen molar-refractivity contribution in [3.63, 3.8) is 0 Å². The van der Waals surface area contributed by atoms with E-state index in [0.717, 1.165) is 44.2 Å². The minimum atomic E-state index is 0.450. The van der Waals surface area contributed by atoms with Crippen LogP contribution in [0.3, 0.4) is 0 Å². The maximum Gasteiger partial charge on any atom is 0.0998 e. The van der Waals surface area contributed by atoms with Crippen molar-refractivity contribution in [2.75, 3.05) is 0 Å². The maximum atomic E-state index is 9.95.